The Labute approximate surface area is 184 Å². The van der Waals surface area contributed by atoms with Crippen molar-refractivity contribution in [3.63, 3.8) is 0 Å². The minimum atomic E-state index is -0.345. The summed E-state index contributed by atoms with van der Waals surface area (Å²) in [7, 11) is 0. The highest BCUT2D eigenvalue weighted by Crippen LogP contribution is 2.37. The number of nitrogens with one attached hydrogen (secondary N) is 1. The highest BCUT2D eigenvalue weighted by Gasteiger charge is 2.35. The number of hydrogen-bond acceptors (Lipinski definition) is 7. The van der Waals surface area contributed by atoms with E-state index in [9.17, 15) is 14.4 Å². The van der Waals surface area contributed by atoms with Gasteiger partial charge >= 0.3 is 0 Å². The molecule has 9 heteroatoms. The number of aromatic nitrogens is 2. The fourth-order valence-electron chi connectivity index (χ4n) is 2.92. The van der Waals surface area contributed by atoms with E-state index in [4.69, 9.17) is 0 Å². The number of ketones is 1. The fourth-order valence-corrected chi connectivity index (χ4v) is 5.08. The topological polar surface area (TPSA) is 92.3 Å². The molecular formula is C21H26N4O3S2. The van der Waals surface area contributed by atoms with E-state index < -0.39 is 0 Å². The molecule has 1 aromatic carbocycles. The largest absolute Gasteiger partial charge is 0.326 e. The molecule has 2 amide bonds. The van der Waals surface area contributed by atoms with Crippen molar-refractivity contribution in [2.75, 3.05) is 10.2 Å². The van der Waals surface area contributed by atoms with Gasteiger partial charge in [-0.25, -0.2) is 0 Å². The van der Waals surface area contributed by atoms with Crippen LogP contribution in [0, 0.1) is 0 Å². The van der Waals surface area contributed by atoms with Crippen molar-refractivity contribution in [3.05, 3.63) is 29.8 Å². The summed E-state index contributed by atoms with van der Waals surface area (Å²) in [4.78, 5) is 38.4. The van der Waals surface area contributed by atoms with Crippen LogP contribution in [0.5, 0.6) is 0 Å². The van der Waals surface area contributed by atoms with E-state index in [1.807, 2.05) is 20.8 Å². The number of hydrogen-bond donors (Lipinski definition) is 1. The lowest BCUT2D eigenvalue weighted by Gasteiger charge is -2.17. The van der Waals surface area contributed by atoms with Gasteiger partial charge < -0.3 is 5.32 Å². The average Bonchev–Trinajstić information content (AvgIpc) is 3.46. The van der Waals surface area contributed by atoms with Gasteiger partial charge in [-0.2, -0.15) is 0 Å². The summed E-state index contributed by atoms with van der Waals surface area (Å²) in [5.41, 5.74) is 1.26. The molecule has 1 fully saturated rings. The van der Waals surface area contributed by atoms with Crippen LogP contribution >= 0.6 is 23.1 Å². The summed E-state index contributed by atoms with van der Waals surface area (Å²) in [6.45, 7) is 5.63. The van der Waals surface area contributed by atoms with E-state index in [0.29, 0.717) is 33.6 Å². The number of carbonyl (C=O) groups is 3. The maximum atomic E-state index is 12.8. The van der Waals surface area contributed by atoms with Gasteiger partial charge in [0.15, 0.2) is 10.1 Å². The minimum absolute atomic E-state index is 0.0214. The molecule has 7 nitrogen and oxygen atoms in total. The van der Waals surface area contributed by atoms with Crippen LogP contribution in [0.4, 0.5) is 10.8 Å². The van der Waals surface area contributed by atoms with Crippen LogP contribution in [0.3, 0.4) is 0 Å². The Hall–Kier alpha value is -2.26. The van der Waals surface area contributed by atoms with Crippen LogP contribution < -0.4 is 10.2 Å². The number of nitrogens with zero attached hydrogens (tertiary/aromatic N) is 3. The van der Waals surface area contributed by atoms with Gasteiger partial charge in [-0.3, -0.25) is 19.3 Å². The Morgan fingerprint density at radius 3 is 2.50 bits per heavy atom. The Morgan fingerprint density at radius 2 is 1.90 bits per heavy atom. The Bertz CT molecular complexity index is 909. The quantitative estimate of drug-likeness (QED) is 0.327. The average molecular weight is 447 g/mol. The van der Waals surface area contributed by atoms with Crippen molar-refractivity contribution in [1.82, 2.24) is 10.2 Å². The monoisotopic (exact) mass is 446 g/mol. The van der Waals surface area contributed by atoms with Gasteiger partial charge in [-0.1, -0.05) is 36.9 Å². The van der Waals surface area contributed by atoms with Gasteiger partial charge in [-0.05, 0) is 50.5 Å². The van der Waals surface area contributed by atoms with Gasteiger partial charge in [0.2, 0.25) is 16.9 Å². The summed E-state index contributed by atoms with van der Waals surface area (Å²) in [5, 5.41) is 11.4. The van der Waals surface area contributed by atoms with Crippen molar-refractivity contribution in [2.24, 2.45) is 0 Å². The zero-order valence-electron chi connectivity index (χ0n) is 17.4. The molecule has 2 aromatic rings. The number of anilines is 2. The van der Waals surface area contributed by atoms with Crippen molar-refractivity contribution in [1.29, 1.82) is 0 Å². The van der Waals surface area contributed by atoms with Crippen LogP contribution in [0.25, 0.3) is 0 Å². The summed E-state index contributed by atoms with van der Waals surface area (Å²) >= 11 is 2.70. The maximum Gasteiger partial charge on any atom is 0.228 e. The molecule has 1 aliphatic rings. The van der Waals surface area contributed by atoms with Crippen LogP contribution in [0.2, 0.25) is 0 Å². The highest BCUT2D eigenvalue weighted by molar-refractivity contribution is 8.02. The molecule has 1 N–H and O–H groups in total. The molecule has 1 atom stereocenters. The first kappa shape index (κ1) is 22.4. The van der Waals surface area contributed by atoms with E-state index in [-0.39, 0.29) is 28.9 Å². The molecule has 1 aliphatic carbocycles. The first-order chi connectivity index (χ1) is 14.4. The Kier molecular flexibility index (Phi) is 7.60. The lowest BCUT2D eigenvalue weighted by atomic mass is 10.1. The molecule has 3 rings (SSSR count). The lowest BCUT2D eigenvalue weighted by molar-refractivity contribution is -0.118. The Morgan fingerprint density at radius 1 is 1.20 bits per heavy atom. The molecule has 160 valence electrons. The molecule has 1 heterocycles. The number of Topliss-reactive ketones (excluding diaryl/α,β-unsaturated/α-hetero) is 1. The normalized spacial score (nSPS) is 14.2. The van der Waals surface area contributed by atoms with Crippen LogP contribution in [-0.2, 0) is 9.59 Å². The Balaban J connectivity index is 1.61. The molecule has 1 saturated carbocycles. The molecule has 1 unspecified atom stereocenters. The summed E-state index contributed by atoms with van der Waals surface area (Å²) in [6.07, 6.45) is 3.69. The van der Waals surface area contributed by atoms with Crippen molar-refractivity contribution >= 4 is 51.5 Å². The van der Waals surface area contributed by atoms with Gasteiger partial charge in [0, 0.05) is 30.1 Å². The molecule has 0 saturated heterocycles. The summed E-state index contributed by atoms with van der Waals surface area (Å²) < 4.78 is 0.670. The highest BCUT2D eigenvalue weighted by atomic mass is 32.2. The number of benzene rings is 1. The predicted octanol–water partition coefficient (Wildman–Crippen LogP) is 4.55. The first-order valence-corrected chi connectivity index (χ1v) is 11.9. The van der Waals surface area contributed by atoms with Gasteiger partial charge in [0.25, 0.3) is 0 Å². The molecule has 30 heavy (non-hydrogen) atoms. The number of thioether (sulfide) groups is 1. The molecule has 0 bridgehead atoms. The smallest absolute Gasteiger partial charge is 0.228 e. The van der Waals surface area contributed by atoms with E-state index in [0.717, 1.165) is 19.3 Å². The summed E-state index contributed by atoms with van der Waals surface area (Å²) in [5.74, 6) is 0.00156. The SMILES string of the molecule is CCCC(=O)Nc1ccc(C(=O)C(C)Sc2nnc(N(C(=O)CC)C3CC3)s2)cc1. The third kappa shape index (κ3) is 5.66. The van der Waals surface area contributed by atoms with Gasteiger partial charge in [0.05, 0.1) is 5.25 Å². The second-order valence-corrected chi connectivity index (χ2v) is 9.74. The standard InChI is InChI=1S/C21H26N4O3S2/c1-4-6-17(26)22-15-9-7-14(8-10-15)19(28)13(3)29-21-24-23-20(30-21)25(16-11-12-16)18(27)5-2/h7-10,13,16H,4-6,11-12H2,1-3H3,(H,22,26). The van der Waals surface area contributed by atoms with E-state index in [2.05, 4.69) is 15.5 Å². The predicted molar refractivity (Wildman–Crippen MR) is 120 cm³/mol. The second kappa shape index (κ2) is 10.2. The van der Waals surface area contributed by atoms with Gasteiger partial charge in [0.1, 0.15) is 0 Å². The molecule has 0 radical (unpaired) electrons. The van der Waals surface area contributed by atoms with Crippen LogP contribution in [-0.4, -0.2) is 39.1 Å². The van der Waals surface area contributed by atoms with Crippen molar-refractivity contribution in [2.45, 2.75) is 68.5 Å². The molecule has 0 spiro atoms. The van der Waals surface area contributed by atoms with E-state index >= 15 is 0 Å². The van der Waals surface area contributed by atoms with Crippen LogP contribution in [0.1, 0.15) is 63.2 Å². The third-order valence-corrected chi connectivity index (χ3v) is 6.77. The fraction of sp³-hybridized carbons (Fsp3) is 0.476. The van der Waals surface area contributed by atoms with E-state index in [1.54, 1.807) is 29.2 Å². The minimum Gasteiger partial charge on any atom is -0.326 e. The molecular weight excluding hydrogens is 420 g/mol. The number of rotatable bonds is 10. The summed E-state index contributed by atoms with van der Waals surface area (Å²) in [6, 6.07) is 7.16. The molecule has 1 aromatic heterocycles. The van der Waals surface area contributed by atoms with E-state index in [1.165, 1.54) is 23.1 Å². The maximum absolute atomic E-state index is 12.8. The first-order valence-electron chi connectivity index (χ1n) is 10.2. The lowest BCUT2D eigenvalue weighted by Crippen LogP contribution is -2.32. The third-order valence-electron chi connectivity index (χ3n) is 4.66. The number of carbonyl (C=O) groups excluding carboxylic acids is 3. The number of amides is 2. The zero-order chi connectivity index (χ0) is 21.7. The van der Waals surface area contributed by atoms with Gasteiger partial charge in [-0.15, -0.1) is 10.2 Å². The van der Waals surface area contributed by atoms with Crippen molar-refractivity contribution < 1.29 is 14.4 Å². The zero-order valence-corrected chi connectivity index (χ0v) is 19.0. The second-order valence-electron chi connectivity index (χ2n) is 7.20. The van der Waals surface area contributed by atoms with Crippen molar-refractivity contribution in [3.8, 4) is 0 Å². The van der Waals surface area contributed by atoms with Crippen LogP contribution in [0.15, 0.2) is 28.6 Å². The molecule has 0 aliphatic heterocycles.